The van der Waals surface area contributed by atoms with E-state index in [2.05, 4.69) is 9.62 Å². The number of sulfonamides is 1. The minimum atomic E-state index is -3.61. The summed E-state index contributed by atoms with van der Waals surface area (Å²) in [5.74, 6) is 0.999. The topological polar surface area (TPSA) is 67.9 Å². The molecule has 0 spiro atoms. The number of halogens is 2. The van der Waals surface area contributed by atoms with Crippen molar-refractivity contribution in [1.82, 2.24) is 9.62 Å². The Labute approximate surface area is 177 Å². The molecule has 0 fully saturated rings. The lowest BCUT2D eigenvalue weighted by Gasteiger charge is -2.29. The van der Waals surface area contributed by atoms with E-state index < -0.39 is 15.8 Å². The molecule has 1 aliphatic rings. The molecular formula is C20H26ClFN2O4S. The Bertz CT molecular complexity index is 923. The van der Waals surface area contributed by atoms with Crippen LogP contribution in [0.25, 0.3) is 0 Å². The Balaban J connectivity index is 0.00000300. The highest BCUT2D eigenvalue weighted by atomic mass is 35.5. The van der Waals surface area contributed by atoms with Gasteiger partial charge in [-0.1, -0.05) is 0 Å². The van der Waals surface area contributed by atoms with Crippen LogP contribution in [0.1, 0.15) is 17.5 Å². The third-order valence-electron chi connectivity index (χ3n) is 4.86. The van der Waals surface area contributed by atoms with E-state index in [1.807, 2.05) is 12.1 Å². The summed E-state index contributed by atoms with van der Waals surface area (Å²) < 4.78 is 50.7. The van der Waals surface area contributed by atoms with Crippen molar-refractivity contribution >= 4 is 22.4 Å². The SMILES string of the molecule is COc1cc2c(cc1OC)CN(CCCNS(=O)(=O)c1ccc(F)cc1)CC2.Cl. The molecule has 3 rings (SSSR count). The predicted molar refractivity (Wildman–Crippen MR) is 112 cm³/mol. The van der Waals surface area contributed by atoms with Crippen LogP contribution in [-0.2, 0) is 23.0 Å². The molecule has 29 heavy (non-hydrogen) atoms. The zero-order chi connectivity index (χ0) is 20.1. The van der Waals surface area contributed by atoms with E-state index in [-0.39, 0.29) is 17.3 Å². The van der Waals surface area contributed by atoms with Crippen LogP contribution in [-0.4, -0.2) is 47.2 Å². The summed E-state index contributed by atoms with van der Waals surface area (Å²) in [6, 6.07) is 8.85. The monoisotopic (exact) mass is 444 g/mol. The molecule has 2 aromatic rings. The number of ether oxygens (including phenoxy) is 2. The second kappa shape index (κ2) is 10.2. The molecule has 6 nitrogen and oxygen atoms in total. The number of nitrogens with zero attached hydrogens (tertiary/aromatic N) is 1. The molecule has 0 unspecified atom stereocenters. The van der Waals surface area contributed by atoms with Crippen molar-refractivity contribution in [3.63, 3.8) is 0 Å². The molecular weight excluding hydrogens is 419 g/mol. The van der Waals surface area contributed by atoms with Gasteiger partial charge in [0.15, 0.2) is 11.5 Å². The van der Waals surface area contributed by atoms with Gasteiger partial charge in [-0.3, -0.25) is 4.90 Å². The predicted octanol–water partition coefficient (Wildman–Crippen LogP) is 2.99. The lowest BCUT2D eigenvalue weighted by molar-refractivity contribution is 0.250. The second-order valence-electron chi connectivity index (χ2n) is 6.71. The first kappa shape index (κ1) is 23.4. The molecule has 0 radical (unpaired) electrons. The highest BCUT2D eigenvalue weighted by Crippen LogP contribution is 2.33. The van der Waals surface area contributed by atoms with Gasteiger partial charge in [-0.05, 0) is 66.9 Å². The van der Waals surface area contributed by atoms with Gasteiger partial charge in [0.25, 0.3) is 0 Å². The highest BCUT2D eigenvalue weighted by Gasteiger charge is 2.19. The average Bonchev–Trinajstić information content (AvgIpc) is 2.70. The van der Waals surface area contributed by atoms with Gasteiger partial charge in [0.1, 0.15) is 5.82 Å². The van der Waals surface area contributed by atoms with E-state index in [0.29, 0.717) is 13.0 Å². The molecule has 9 heteroatoms. The summed E-state index contributed by atoms with van der Waals surface area (Å²) in [5, 5.41) is 0. The number of methoxy groups -OCH3 is 2. The van der Waals surface area contributed by atoms with Crippen molar-refractivity contribution in [2.75, 3.05) is 33.9 Å². The van der Waals surface area contributed by atoms with E-state index in [1.165, 1.54) is 23.3 Å². The van der Waals surface area contributed by atoms with Gasteiger partial charge in [-0.2, -0.15) is 0 Å². The van der Waals surface area contributed by atoms with Crippen LogP contribution in [0, 0.1) is 5.82 Å². The van der Waals surface area contributed by atoms with Gasteiger partial charge in [0.05, 0.1) is 19.1 Å². The number of rotatable bonds is 8. The smallest absolute Gasteiger partial charge is 0.240 e. The van der Waals surface area contributed by atoms with E-state index >= 15 is 0 Å². The number of nitrogens with one attached hydrogen (secondary N) is 1. The minimum Gasteiger partial charge on any atom is -0.493 e. The zero-order valence-electron chi connectivity index (χ0n) is 16.5. The maximum absolute atomic E-state index is 12.9. The molecule has 1 aliphatic heterocycles. The summed E-state index contributed by atoms with van der Waals surface area (Å²) >= 11 is 0. The first-order valence-corrected chi connectivity index (χ1v) is 10.6. The first-order chi connectivity index (χ1) is 13.4. The van der Waals surface area contributed by atoms with Crippen molar-refractivity contribution in [2.45, 2.75) is 24.3 Å². The summed E-state index contributed by atoms with van der Waals surface area (Å²) in [4.78, 5) is 2.36. The van der Waals surface area contributed by atoms with Gasteiger partial charge in [-0.15, -0.1) is 12.4 Å². The van der Waals surface area contributed by atoms with Crippen LogP contribution in [0.5, 0.6) is 11.5 Å². The Morgan fingerprint density at radius 1 is 1.07 bits per heavy atom. The second-order valence-corrected chi connectivity index (χ2v) is 8.47. The zero-order valence-corrected chi connectivity index (χ0v) is 18.1. The lowest BCUT2D eigenvalue weighted by atomic mass is 9.98. The summed E-state index contributed by atoms with van der Waals surface area (Å²) in [6.45, 7) is 2.81. The normalized spacial score (nSPS) is 14.0. The van der Waals surface area contributed by atoms with Gasteiger partial charge >= 0.3 is 0 Å². The van der Waals surface area contributed by atoms with Crippen LogP contribution >= 0.6 is 12.4 Å². The fraction of sp³-hybridized carbons (Fsp3) is 0.400. The molecule has 0 atom stereocenters. The molecule has 160 valence electrons. The van der Waals surface area contributed by atoms with Crippen molar-refractivity contribution < 1.29 is 22.3 Å². The Morgan fingerprint density at radius 2 is 1.69 bits per heavy atom. The van der Waals surface area contributed by atoms with Gasteiger partial charge < -0.3 is 9.47 Å². The molecule has 0 aliphatic carbocycles. The van der Waals surface area contributed by atoms with E-state index in [0.717, 1.165) is 49.7 Å². The number of hydrogen-bond acceptors (Lipinski definition) is 5. The molecule has 0 amide bonds. The number of fused-ring (bicyclic) bond motifs is 1. The Kier molecular flexibility index (Phi) is 8.27. The van der Waals surface area contributed by atoms with Crippen LogP contribution < -0.4 is 14.2 Å². The van der Waals surface area contributed by atoms with Crippen LogP contribution in [0.15, 0.2) is 41.3 Å². The van der Waals surface area contributed by atoms with Gasteiger partial charge in [-0.25, -0.2) is 17.5 Å². The lowest BCUT2D eigenvalue weighted by Crippen LogP contribution is -2.33. The molecule has 1 N–H and O–H groups in total. The maximum Gasteiger partial charge on any atom is 0.240 e. The average molecular weight is 445 g/mol. The molecule has 0 saturated heterocycles. The molecule has 0 bridgehead atoms. The summed E-state index contributed by atoms with van der Waals surface area (Å²) in [6.07, 6.45) is 1.60. The quantitative estimate of drug-likeness (QED) is 0.634. The Hall–Kier alpha value is -1.87. The van der Waals surface area contributed by atoms with Crippen molar-refractivity contribution in [1.29, 1.82) is 0 Å². The van der Waals surface area contributed by atoms with E-state index in [4.69, 9.17) is 9.47 Å². The van der Waals surface area contributed by atoms with Crippen molar-refractivity contribution in [3.05, 3.63) is 53.3 Å². The molecule has 0 saturated carbocycles. The number of benzene rings is 2. The van der Waals surface area contributed by atoms with Gasteiger partial charge in [0.2, 0.25) is 10.0 Å². The largest absolute Gasteiger partial charge is 0.493 e. The van der Waals surface area contributed by atoms with Crippen LogP contribution in [0.3, 0.4) is 0 Å². The summed E-state index contributed by atoms with van der Waals surface area (Å²) in [7, 11) is -0.357. The fourth-order valence-corrected chi connectivity index (χ4v) is 4.41. The Morgan fingerprint density at radius 3 is 2.31 bits per heavy atom. The van der Waals surface area contributed by atoms with Crippen molar-refractivity contribution in [2.24, 2.45) is 0 Å². The minimum absolute atomic E-state index is 0. The third-order valence-corrected chi connectivity index (χ3v) is 6.34. The van der Waals surface area contributed by atoms with Crippen LogP contribution in [0.4, 0.5) is 4.39 Å². The van der Waals surface area contributed by atoms with Crippen LogP contribution in [0.2, 0.25) is 0 Å². The summed E-state index contributed by atoms with van der Waals surface area (Å²) in [5.41, 5.74) is 2.46. The van der Waals surface area contributed by atoms with Gasteiger partial charge in [0, 0.05) is 19.6 Å². The molecule has 2 aromatic carbocycles. The maximum atomic E-state index is 12.9. The third kappa shape index (κ3) is 5.82. The standard InChI is InChI=1S/C20H25FN2O4S.ClH/c1-26-19-12-15-8-11-23(14-16(15)13-20(19)27-2)10-3-9-22-28(24,25)18-6-4-17(21)5-7-18;/h4-7,12-13,22H,3,8-11,14H2,1-2H3;1H. The fourth-order valence-electron chi connectivity index (χ4n) is 3.34. The first-order valence-electron chi connectivity index (χ1n) is 9.14. The van der Waals surface area contributed by atoms with E-state index in [9.17, 15) is 12.8 Å². The molecule has 1 heterocycles. The van der Waals surface area contributed by atoms with Crippen molar-refractivity contribution in [3.8, 4) is 11.5 Å². The highest BCUT2D eigenvalue weighted by molar-refractivity contribution is 7.89. The number of hydrogen-bond donors (Lipinski definition) is 1. The molecule has 0 aromatic heterocycles. The van der Waals surface area contributed by atoms with E-state index in [1.54, 1.807) is 14.2 Å².